The van der Waals surface area contributed by atoms with Crippen molar-refractivity contribution in [1.82, 2.24) is 0 Å². The van der Waals surface area contributed by atoms with Crippen LogP contribution in [0.5, 0.6) is 0 Å². The lowest BCUT2D eigenvalue weighted by atomic mass is 10.2. The van der Waals surface area contributed by atoms with Crippen LogP contribution < -0.4 is 0 Å². The highest BCUT2D eigenvalue weighted by Gasteiger charge is 1.96. The lowest BCUT2D eigenvalue weighted by Gasteiger charge is -2.01. The van der Waals surface area contributed by atoms with E-state index in [0.717, 1.165) is 12.8 Å². The molecule has 0 aliphatic rings. The Balaban J connectivity index is 0. The fraction of sp³-hybridized carbons (Fsp3) is 0.889. The third-order valence-corrected chi connectivity index (χ3v) is 3.10. The second-order valence-electron chi connectivity index (χ2n) is 5.27. The topological polar surface area (TPSA) is 52.6 Å². The minimum Gasteiger partial charge on any atom is -0.466 e. The van der Waals surface area contributed by atoms with Crippen molar-refractivity contribution in [2.75, 3.05) is 13.2 Å². The minimum atomic E-state index is -0.0819. The summed E-state index contributed by atoms with van der Waals surface area (Å²) in [6.45, 7) is 9.16. The van der Waals surface area contributed by atoms with Crippen LogP contribution in [0.15, 0.2) is 0 Å². The van der Waals surface area contributed by atoms with Gasteiger partial charge in [-0.15, -0.1) is 0 Å². The van der Waals surface area contributed by atoms with Crippen LogP contribution in [-0.2, 0) is 19.1 Å². The first-order valence-electron chi connectivity index (χ1n) is 8.93. The first-order chi connectivity index (χ1) is 10.6. The highest BCUT2D eigenvalue weighted by Crippen LogP contribution is 2.00. The second kappa shape index (κ2) is 19.9. The largest absolute Gasteiger partial charge is 0.466 e. The molecule has 0 aromatic heterocycles. The number of ether oxygens (including phenoxy) is 2. The van der Waals surface area contributed by atoms with E-state index in [1.54, 1.807) is 0 Å². The summed E-state index contributed by atoms with van der Waals surface area (Å²) in [6, 6.07) is 0. The van der Waals surface area contributed by atoms with Gasteiger partial charge in [-0.25, -0.2) is 0 Å². The molecule has 0 saturated heterocycles. The van der Waals surface area contributed by atoms with Crippen molar-refractivity contribution in [1.29, 1.82) is 0 Å². The van der Waals surface area contributed by atoms with Gasteiger partial charge in [-0.3, -0.25) is 9.59 Å². The molecule has 0 aliphatic heterocycles. The molecule has 0 fully saturated rings. The quantitative estimate of drug-likeness (QED) is 0.374. The summed E-state index contributed by atoms with van der Waals surface area (Å²) in [4.78, 5) is 21.2. The second-order valence-corrected chi connectivity index (χ2v) is 5.27. The van der Waals surface area contributed by atoms with Crippen LogP contribution in [0.3, 0.4) is 0 Å². The standard InChI is InChI=1S/2C9H18O2/c2*1-3-5-6-7-8-11-9(10)4-2/h2*3-8H2,1-2H3. The highest BCUT2D eigenvalue weighted by molar-refractivity contribution is 5.69. The maximum absolute atomic E-state index is 10.6. The third-order valence-electron chi connectivity index (χ3n) is 3.10. The van der Waals surface area contributed by atoms with Crippen LogP contribution >= 0.6 is 0 Å². The lowest BCUT2D eigenvalue weighted by molar-refractivity contribution is -0.144. The van der Waals surface area contributed by atoms with E-state index in [9.17, 15) is 9.59 Å². The fourth-order valence-corrected chi connectivity index (χ4v) is 1.63. The summed E-state index contributed by atoms with van der Waals surface area (Å²) in [6.07, 6.45) is 10.3. The number of carbonyl (C=O) groups excluding carboxylic acids is 2. The zero-order valence-corrected chi connectivity index (χ0v) is 15.1. The molecular formula is C18H36O4. The molecule has 0 spiro atoms. The molecule has 0 amide bonds. The average Bonchev–Trinajstić information content (AvgIpc) is 2.54. The Morgan fingerprint density at radius 2 is 0.955 bits per heavy atom. The Labute approximate surface area is 136 Å². The van der Waals surface area contributed by atoms with E-state index in [0.29, 0.717) is 26.1 Å². The van der Waals surface area contributed by atoms with Gasteiger partial charge in [-0.05, 0) is 12.8 Å². The van der Waals surface area contributed by atoms with E-state index >= 15 is 0 Å². The minimum absolute atomic E-state index is 0.0819. The molecule has 4 heteroatoms. The number of carbonyl (C=O) groups is 2. The number of rotatable bonds is 12. The molecule has 0 heterocycles. The van der Waals surface area contributed by atoms with Crippen molar-refractivity contribution in [3.05, 3.63) is 0 Å². The van der Waals surface area contributed by atoms with E-state index < -0.39 is 0 Å². The van der Waals surface area contributed by atoms with Gasteiger partial charge in [0.1, 0.15) is 0 Å². The first-order valence-corrected chi connectivity index (χ1v) is 8.93. The van der Waals surface area contributed by atoms with Gasteiger partial charge in [-0.2, -0.15) is 0 Å². The third kappa shape index (κ3) is 21.2. The smallest absolute Gasteiger partial charge is 0.305 e. The van der Waals surface area contributed by atoms with Crippen molar-refractivity contribution in [2.24, 2.45) is 0 Å². The van der Waals surface area contributed by atoms with Crippen molar-refractivity contribution in [3.8, 4) is 0 Å². The van der Waals surface area contributed by atoms with E-state index in [2.05, 4.69) is 13.8 Å². The molecular weight excluding hydrogens is 280 g/mol. The molecule has 0 bridgehead atoms. The summed E-state index contributed by atoms with van der Waals surface area (Å²) in [5.41, 5.74) is 0. The number of hydrogen-bond acceptors (Lipinski definition) is 4. The Hall–Kier alpha value is -1.06. The molecule has 4 nitrogen and oxygen atoms in total. The normalized spacial score (nSPS) is 9.64. The van der Waals surface area contributed by atoms with Gasteiger partial charge in [0.15, 0.2) is 0 Å². The summed E-state index contributed by atoms with van der Waals surface area (Å²) in [5, 5.41) is 0. The van der Waals surface area contributed by atoms with E-state index in [1.165, 1.54) is 38.5 Å². The van der Waals surface area contributed by atoms with Crippen LogP contribution in [0, 0.1) is 0 Å². The van der Waals surface area contributed by atoms with Crippen LogP contribution in [0.4, 0.5) is 0 Å². The molecule has 132 valence electrons. The Kier molecular flexibility index (Phi) is 21.0. The predicted molar refractivity (Wildman–Crippen MR) is 90.8 cm³/mol. The van der Waals surface area contributed by atoms with Crippen molar-refractivity contribution < 1.29 is 19.1 Å². The Morgan fingerprint density at radius 3 is 1.23 bits per heavy atom. The van der Waals surface area contributed by atoms with Crippen molar-refractivity contribution in [2.45, 2.75) is 91.9 Å². The lowest BCUT2D eigenvalue weighted by Crippen LogP contribution is -2.03. The van der Waals surface area contributed by atoms with Gasteiger partial charge in [0, 0.05) is 12.8 Å². The van der Waals surface area contributed by atoms with Crippen LogP contribution in [0.2, 0.25) is 0 Å². The molecule has 0 N–H and O–H groups in total. The van der Waals surface area contributed by atoms with Crippen LogP contribution in [-0.4, -0.2) is 25.2 Å². The zero-order valence-electron chi connectivity index (χ0n) is 15.1. The molecule has 0 aromatic carbocycles. The molecule has 0 rings (SSSR count). The van der Waals surface area contributed by atoms with E-state index in [1.807, 2.05) is 13.8 Å². The molecule has 0 saturated carbocycles. The molecule has 0 aromatic rings. The molecule has 0 unspecified atom stereocenters. The maximum Gasteiger partial charge on any atom is 0.305 e. The van der Waals surface area contributed by atoms with E-state index in [-0.39, 0.29) is 11.9 Å². The van der Waals surface area contributed by atoms with Gasteiger partial charge < -0.3 is 9.47 Å². The number of hydrogen-bond donors (Lipinski definition) is 0. The van der Waals surface area contributed by atoms with Gasteiger partial charge in [-0.1, -0.05) is 66.2 Å². The molecule has 0 radical (unpaired) electrons. The number of esters is 2. The van der Waals surface area contributed by atoms with E-state index in [4.69, 9.17) is 9.47 Å². The Bertz CT molecular complexity index is 225. The van der Waals surface area contributed by atoms with Gasteiger partial charge in [0.25, 0.3) is 0 Å². The number of unbranched alkanes of at least 4 members (excludes halogenated alkanes) is 6. The summed E-state index contributed by atoms with van der Waals surface area (Å²) in [7, 11) is 0. The fourth-order valence-electron chi connectivity index (χ4n) is 1.63. The summed E-state index contributed by atoms with van der Waals surface area (Å²) >= 11 is 0. The zero-order chi connectivity index (χ0) is 17.1. The monoisotopic (exact) mass is 316 g/mol. The maximum atomic E-state index is 10.6. The van der Waals surface area contributed by atoms with Crippen molar-refractivity contribution >= 4 is 11.9 Å². The molecule has 22 heavy (non-hydrogen) atoms. The Morgan fingerprint density at radius 1 is 0.591 bits per heavy atom. The SMILES string of the molecule is CCCCCCOC(=O)CC.CCCCCCOC(=O)CC. The predicted octanol–water partition coefficient (Wildman–Crippen LogP) is 5.04. The molecule has 0 aliphatic carbocycles. The highest BCUT2D eigenvalue weighted by atomic mass is 16.5. The van der Waals surface area contributed by atoms with Crippen molar-refractivity contribution in [3.63, 3.8) is 0 Å². The first kappa shape index (κ1) is 23.2. The molecule has 0 atom stereocenters. The summed E-state index contributed by atoms with van der Waals surface area (Å²) < 4.78 is 9.80. The summed E-state index contributed by atoms with van der Waals surface area (Å²) in [5.74, 6) is -0.164. The van der Waals surface area contributed by atoms with Gasteiger partial charge in [0.05, 0.1) is 13.2 Å². The van der Waals surface area contributed by atoms with Crippen LogP contribution in [0.1, 0.15) is 91.9 Å². The average molecular weight is 316 g/mol. The van der Waals surface area contributed by atoms with Gasteiger partial charge >= 0.3 is 11.9 Å². The van der Waals surface area contributed by atoms with Crippen LogP contribution in [0.25, 0.3) is 0 Å². The van der Waals surface area contributed by atoms with Gasteiger partial charge in [0.2, 0.25) is 0 Å².